The molecule has 3 aromatic heterocycles. The first-order valence-electron chi connectivity index (χ1n) is 11.9. The number of amides is 2. The van der Waals surface area contributed by atoms with Gasteiger partial charge in [0.2, 0.25) is 5.91 Å². The lowest BCUT2D eigenvalue weighted by Gasteiger charge is -2.29. The van der Waals surface area contributed by atoms with E-state index in [2.05, 4.69) is 44.2 Å². The molecular formula is C27H29N5O2S. The third-order valence-corrected chi connectivity index (χ3v) is 7.42. The van der Waals surface area contributed by atoms with Gasteiger partial charge in [0.05, 0.1) is 22.8 Å². The van der Waals surface area contributed by atoms with Gasteiger partial charge >= 0.3 is 0 Å². The molecular weight excluding hydrogens is 458 g/mol. The van der Waals surface area contributed by atoms with Crippen LogP contribution in [-0.4, -0.2) is 33.1 Å². The number of pyridine rings is 1. The molecule has 2 amide bonds. The number of carbonyl (C=O) groups is 2. The van der Waals surface area contributed by atoms with Crippen molar-refractivity contribution in [3.63, 3.8) is 0 Å². The molecule has 0 saturated carbocycles. The van der Waals surface area contributed by atoms with Crippen LogP contribution in [-0.2, 0) is 11.2 Å². The second kappa shape index (κ2) is 8.92. The van der Waals surface area contributed by atoms with Crippen LogP contribution in [0.1, 0.15) is 58.9 Å². The summed E-state index contributed by atoms with van der Waals surface area (Å²) in [5, 5.41) is 8.33. The molecule has 35 heavy (non-hydrogen) atoms. The minimum atomic E-state index is -0.203. The smallest absolute Gasteiger partial charge is 0.256 e. The minimum absolute atomic E-state index is 0.0376. The van der Waals surface area contributed by atoms with Gasteiger partial charge in [-0.3, -0.25) is 9.59 Å². The number of benzene rings is 1. The Kier molecular flexibility index (Phi) is 5.92. The van der Waals surface area contributed by atoms with Crippen LogP contribution in [0.15, 0.2) is 36.5 Å². The number of rotatable bonds is 4. The van der Waals surface area contributed by atoms with E-state index in [1.54, 1.807) is 29.4 Å². The van der Waals surface area contributed by atoms with E-state index in [0.717, 1.165) is 47.3 Å². The first kappa shape index (κ1) is 23.2. The number of aromatic nitrogens is 3. The van der Waals surface area contributed by atoms with Gasteiger partial charge in [-0.2, -0.15) is 5.10 Å². The second-order valence-electron chi connectivity index (χ2n) is 9.37. The van der Waals surface area contributed by atoms with Crippen molar-refractivity contribution in [2.24, 2.45) is 0 Å². The molecule has 4 aromatic rings. The Morgan fingerprint density at radius 3 is 2.63 bits per heavy atom. The summed E-state index contributed by atoms with van der Waals surface area (Å²) in [6.45, 7) is 10.6. The van der Waals surface area contributed by atoms with Gasteiger partial charge in [-0.1, -0.05) is 0 Å². The molecule has 0 saturated heterocycles. The van der Waals surface area contributed by atoms with Crippen molar-refractivity contribution in [2.75, 3.05) is 16.8 Å². The number of fused-ring (bicyclic) bond motifs is 2. The zero-order valence-corrected chi connectivity index (χ0v) is 21.5. The lowest BCUT2D eigenvalue weighted by molar-refractivity contribution is -0.116. The van der Waals surface area contributed by atoms with Crippen molar-refractivity contribution in [2.45, 2.75) is 53.5 Å². The molecule has 0 atom stereocenters. The molecule has 0 unspecified atom stereocenters. The van der Waals surface area contributed by atoms with E-state index in [4.69, 9.17) is 4.98 Å². The zero-order valence-electron chi connectivity index (χ0n) is 20.7. The van der Waals surface area contributed by atoms with Crippen molar-refractivity contribution in [3.05, 3.63) is 57.4 Å². The monoisotopic (exact) mass is 487 g/mol. The zero-order chi connectivity index (χ0) is 24.9. The summed E-state index contributed by atoms with van der Waals surface area (Å²) >= 11 is 1.72. The molecule has 0 fully saturated rings. The molecule has 1 aromatic carbocycles. The number of hydrogen-bond donors (Lipinski definition) is 1. The average Bonchev–Trinajstić information content (AvgIpc) is 3.40. The van der Waals surface area contributed by atoms with E-state index in [1.807, 2.05) is 28.9 Å². The third kappa shape index (κ3) is 4.23. The van der Waals surface area contributed by atoms with Gasteiger partial charge in [0.15, 0.2) is 5.65 Å². The van der Waals surface area contributed by atoms with Crippen molar-refractivity contribution < 1.29 is 9.59 Å². The summed E-state index contributed by atoms with van der Waals surface area (Å²) in [5.74, 6) is -0.165. The molecule has 5 rings (SSSR count). The van der Waals surface area contributed by atoms with E-state index in [0.29, 0.717) is 16.9 Å². The van der Waals surface area contributed by atoms with E-state index in [1.165, 1.54) is 9.75 Å². The maximum absolute atomic E-state index is 13.6. The minimum Gasteiger partial charge on any atom is -0.322 e. The molecule has 1 N–H and O–H groups in total. The third-order valence-electron chi connectivity index (χ3n) is 6.45. The molecule has 4 heterocycles. The fraction of sp³-hybridized carbons (Fsp3) is 0.333. The lowest BCUT2D eigenvalue weighted by atomic mass is 10.0. The van der Waals surface area contributed by atoms with Crippen LogP contribution in [0.3, 0.4) is 0 Å². The quantitative estimate of drug-likeness (QED) is 0.388. The number of aryl methyl sites for hydroxylation is 3. The highest BCUT2D eigenvalue weighted by Gasteiger charge is 2.22. The fourth-order valence-corrected chi connectivity index (χ4v) is 5.74. The molecule has 1 aliphatic rings. The average molecular weight is 488 g/mol. The Balaban J connectivity index is 1.56. The molecule has 1 aliphatic heterocycles. The molecule has 7 nitrogen and oxygen atoms in total. The summed E-state index contributed by atoms with van der Waals surface area (Å²) in [7, 11) is 0. The number of nitrogens with one attached hydrogen (secondary N) is 1. The number of carbonyl (C=O) groups excluding carboxylic acids is 2. The van der Waals surface area contributed by atoms with E-state index < -0.39 is 0 Å². The second-order valence-corrected chi connectivity index (χ2v) is 10.8. The summed E-state index contributed by atoms with van der Waals surface area (Å²) in [6.07, 6.45) is 3.51. The van der Waals surface area contributed by atoms with Crippen LogP contribution in [0.4, 0.5) is 11.4 Å². The Hall–Kier alpha value is -3.52. The SMILES string of the molecule is CC(=O)N1CCCc2cc(NC(=O)c3cc(-c4cc(C)sc4C)nc4c3cnn4C(C)C)ccc21. The Morgan fingerprint density at radius 1 is 1.14 bits per heavy atom. The van der Waals surface area contributed by atoms with Gasteiger partial charge in [0.1, 0.15) is 0 Å². The lowest BCUT2D eigenvalue weighted by Crippen LogP contribution is -2.33. The van der Waals surface area contributed by atoms with Gasteiger partial charge in [-0.25, -0.2) is 9.67 Å². The highest BCUT2D eigenvalue weighted by Crippen LogP contribution is 2.34. The van der Waals surface area contributed by atoms with Crippen LogP contribution in [0, 0.1) is 13.8 Å². The Morgan fingerprint density at radius 2 is 1.94 bits per heavy atom. The van der Waals surface area contributed by atoms with E-state index >= 15 is 0 Å². The number of anilines is 2. The summed E-state index contributed by atoms with van der Waals surface area (Å²) in [5.41, 5.74) is 5.77. The first-order valence-corrected chi connectivity index (χ1v) is 12.7. The van der Waals surface area contributed by atoms with Crippen molar-refractivity contribution in [1.29, 1.82) is 0 Å². The van der Waals surface area contributed by atoms with Crippen molar-refractivity contribution >= 4 is 45.6 Å². The van der Waals surface area contributed by atoms with E-state index in [-0.39, 0.29) is 17.9 Å². The summed E-state index contributed by atoms with van der Waals surface area (Å²) in [4.78, 5) is 34.7. The van der Waals surface area contributed by atoms with E-state index in [9.17, 15) is 9.59 Å². The van der Waals surface area contributed by atoms with Crippen LogP contribution < -0.4 is 10.2 Å². The van der Waals surface area contributed by atoms with Gasteiger partial charge in [-0.15, -0.1) is 11.3 Å². The standard InChI is InChI=1S/C27H29N5O2S/c1-15(2)32-26-23(14-28-32)22(13-24(30-26)21-11-16(3)35-17(21)4)27(34)29-20-8-9-25-19(12-20)7-6-10-31(25)18(5)33/h8-9,11-15H,6-7,10H2,1-5H3,(H,29,34). The van der Waals surface area contributed by atoms with Gasteiger partial charge in [0, 0.05) is 46.2 Å². The number of thiophene rings is 1. The molecule has 0 spiro atoms. The Bertz CT molecular complexity index is 1470. The normalized spacial score (nSPS) is 13.4. The van der Waals surface area contributed by atoms with Crippen LogP contribution in [0.2, 0.25) is 0 Å². The summed E-state index contributed by atoms with van der Waals surface area (Å²) in [6, 6.07) is 9.87. The van der Waals surface area contributed by atoms with Crippen LogP contribution in [0.25, 0.3) is 22.3 Å². The molecule has 0 bridgehead atoms. The van der Waals surface area contributed by atoms with Crippen LogP contribution in [0.5, 0.6) is 0 Å². The number of hydrogen-bond acceptors (Lipinski definition) is 5. The molecule has 0 aliphatic carbocycles. The van der Waals surface area contributed by atoms with Gasteiger partial charge in [-0.05, 0) is 76.4 Å². The summed E-state index contributed by atoms with van der Waals surface area (Å²) < 4.78 is 1.86. The number of nitrogens with zero attached hydrogens (tertiary/aromatic N) is 4. The molecule has 180 valence electrons. The topological polar surface area (TPSA) is 80.1 Å². The largest absolute Gasteiger partial charge is 0.322 e. The van der Waals surface area contributed by atoms with Crippen LogP contribution >= 0.6 is 11.3 Å². The fourth-order valence-electron chi connectivity index (χ4n) is 4.81. The maximum Gasteiger partial charge on any atom is 0.256 e. The predicted octanol–water partition coefficient (Wildman–Crippen LogP) is 5.91. The molecule has 8 heteroatoms. The maximum atomic E-state index is 13.6. The Labute approximate surface area is 208 Å². The van der Waals surface area contributed by atoms with Gasteiger partial charge in [0.25, 0.3) is 5.91 Å². The highest BCUT2D eigenvalue weighted by atomic mass is 32.1. The first-order chi connectivity index (χ1) is 16.7. The van der Waals surface area contributed by atoms with Crippen molar-refractivity contribution in [3.8, 4) is 11.3 Å². The predicted molar refractivity (Wildman–Crippen MR) is 141 cm³/mol. The molecule has 0 radical (unpaired) electrons. The highest BCUT2D eigenvalue weighted by molar-refractivity contribution is 7.12. The van der Waals surface area contributed by atoms with Crippen molar-refractivity contribution in [1.82, 2.24) is 14.8 Å². The van der Waals surface area contributed by atoms with Gasteiger partial charge < -0.3 is 10.2 Å².